The second-order valence-electron chi connectivity index (χ2n) is 18.1. The predicted molar refractivity (Wildman–Crippen MR) is 241 cm³/mol. The molecule has 340 valence electrons. The van der Waals surface area contributed by atoms with Gasteiger partial charge in [0.05, 0.1) is 23.2 Å². The summed E-state index contributed by atoms with van der Waals surface area (Å²) in [6, 6.07) is 21.7. The van der Waals surface area contributed by atoms with E-state index in [1.165, 1.54) is 46.5 Å². The highest BCUT2D eigenvalue weighted by Crippen LogP contribution is 2.42. The van der Waals surface area contributed by atoms with Crippen molar-refractivity contribution in [1.82, 2.24) is 16.0 Å². The van der Waals surface area contributed by atoms with E-state index in [9.17, 15) is 35.9 Å². The zero-order valence-electron chi connectivity index (χ0n) is 37.0. The number of benzene rings is 4. The lowest BCUT2D eigenvalue weighted by Crippen LogP contribution is -2.29. The fraction of sp³-hybridized carbons (Fsp3) is 0.480. The van der Waals surface area contributed by atoms with Crippen LogP contribution in [0.15, 0.2) is 77.3 Å². The van der Waals surface area contributed by atoms with Crippen molar-refractivity contribution in [3.05, 3.63) is 133 Å². The zero-order chi connectivity index (χ0) is 45.9. The minimum Gasteiger partial charge on any atom is -0.371 e. The summed E-state index contributed by atoms with van der Waals surface area (Å²) in [7, 11) is 0. The van der Waals surface area contributed by atoms with Gasteiger partial charge >= 0.3 is 12.4 Å². The molecule has 2 aliphatic carbocycles. The standard InChI is InChI=1S/C25H29F3N2O.C13H16F3N.C12H14BrNO/c1-4-23(31)29-22-8-5-17-13-20(6-7-21(17)22)30-10-9-24(3,15-30)18-11-16(2)12-19(14-18)25(26,27)28;1-9-5-10(12(2)3-4-17-8-12)7-11(6-9)13(14,15)16;1-2-12(15)14-11-6-3-8-7-9(13)4-5-10(8)11/h6-7,11-14,22H,4-5,8-10,15H2,1-3H3,(H,29,31);5-7,17H,3-4,8H2,1-2H3;4-5,7,11H,2-3,6H2,1H3,(H,14,15). The maximum absolute atomic E-state index is 13.3. The lowest BCUT2D eigenvalue weighted by atomic mass is 9.80. The summed E-state index contributed by atoms with van der Waals surface area (Å²) in [6.07, 6.45) is -1.95. The third-order valence-corrected chi connectivity index (χ3v) is 13.6. The van der Waals surface area contributed by atoms with Crippen LogP contribution in [0.5, 0.6) is 0 Å². The highest BCUT2D eigenvalue weighted by atomic mass is 79.9. The molecule has 0 bridgehead atoms. The number of amides is 2. The average Bonchev–Trinajstić information content (AvgIpc) is 4.04. The van der Waals surface area contributed by atoms with E-state index in [1.807, 2.05) is 39.0 Å². The number of rotatable bonds is 7. The van der Waals surface area contributed by atoms with Crippen molar-refractivity contribution in [3.8, 4) is 0 Å². The number of fused-ring (bicyclic) bond motifs is 2. The summed E-state index contributed by atoms with van der Waals surface area (Å²) in [4.78, 5) is 25.4. The Hall–Kier alpha value is -4.36. The van der Waals surface area contributed by atoms with E-state index in [1.54, 1.807) is 13.8 Å². The molecule has 63 heavy (non-hydrogen) atoms. The van der Waals surface area contributed by atoms with Gasteiger partial charge in [-0.2, -0.15) is 26.3 Å². The van der Waals surface area contributed by atoms with Crippen LogP contribution >= 0.6 is 15.9 Å². The summed E-state index contributed by atoms with van der Waals surface area (Å²) in [6.45, 7) is 14.3. The Morgan fingerprint density at radius 3 is 1.71 bits per heavy atom. The summed E-state index contributed by atoms with van der Waals surface area (Å²) in [5.74, 6) is 0.199. The number of hydrogen-bond acceptors (Lipinski definition) is 4. The molecule has 0 radical (unpaired) electrons. The number of anilines is 1. The van der Waals surface area contributed by atoms with Crippen LogP contribution in [0.2, 0.25) is 0 Å². The van der Waals surface area contributed by atoms with Gasteiger partial charge in [-0.25, -0.2) is 0 Å². The maximum Gasteiger partial charge on any atom is 0.416 e. The van der Waals surface area contributed by atoms with Gasteiger partial charge in [0.2, 0.25) is 11.8 Å². The quantitative estimate of drug-likeness (QED) is 0.161. The third-order valence-electron chi connectivity index (χ3n) is 13.1. The molecule has 4 aromatic carbocycles. The fourth-order valence-corrected chi connectivity index (χ4v) is 9.76. The van der Waals surface area contributed by atoms with E-state index < -0.39 is 23.5 Å². The van der Waals surface area contributed by atoms with Crippen molar-refractivity contribution in [2.75, 3.05) is 31.1 Å². The van der Waals surface area contributed by atoms with Crippen molar-refractivity contribution >= 4 is 33.4 Å². The molecule has 0 saturated carbocycles. The van der Waals surface area contributed by atoms with E-state index >= 15 is 0 Å². The normalized spacial score (nSPS) is 22.7. The van der Waals surface area contributed by atoms with Gasteiger partial charge in [-0.05, 0) is 141 Å². The molecule has 4 atom stereocenters. The van der Waals surface area contributed by atoms with Gasteiger partial charge in [0, 0.05) is 53.5 Å². The maximum atomic E-state index is 13.3. The Kier molecular flexibility index (Phi) is 14.8. The van der Waals surface area contributed by atoms with E-state index in [0.717, 1.165) is 79.4 Å². The molecule has 2 amide bonds. The fourth-order valence-electron chi connectivity index (χ4n) is 9.35. The summed E-state index contributed by atoms with van der Waals surface area (Å²) < 4.78 is 79.3. The number of nitrogens with one attached hydrogen (secondary N) is 3. The van der Waals surface area contributed by atoms with Crippen LogP contribution in [0, 0.1) is 13.8 Å². The SMILES string of the molecule is CCC(=O)NC1CCc2cc(Br)ccc21.CCC(=O)NC1CCc2cc(N3CCC(C)(c4cc(C)cc(C(F)(F)F)c4)C3)ccc21.Cc1cc(C(F)(F)F)cc(C2(C)CCNC2)c1. The average molecular weight is 942 g/mol. The van der Waals surface area contributed by atoms with Crippen LogP contribution in [-0.4, -0.2) is 38.0 Å². The topological polar surface area (TPSA) is 73.5 Å². The Morgan fingerprint density at radius 1 is 0.714 bits per heavy atom. The molecule has 13 heteroatoms. The van der Waals surface area contributed by atoms with E-state index in [2.05, 4.69) is 74.0 Å². The number of alkyl halides is 6. The van der Waals surface area contributed by atoms with Crippen molar-refractivity contribution in [1.29, 1.82) is 0 Å². The first-order valence-electron chi connectivity index (χ1n) is 21.9. The zero-order valence-corrected chi connectivity index (χ0v) is 38.6. The number of halogens is 7. The minimum absolute atomic E-state index is 0.0635. The van der Waals surface area contributed by atoms with Crippen molar-refractivity contribution < 1.29 is 35.9 Å². The molecule has 2 heterocycles. The van der Waals surface area contributed by atoms with Gasteiger partial charge in [0.15, 0.2) is 0 Å². The largest absolute Gasteiger partial charge is 0.416 e. The number of carbonyl (C=O) groups is 2. The van der Waals surface area contributed by atoms with E-state index in [0.29, 0.717) is 30.5 Å². The molecule has 8 rings (SSSR count). The van der Waals surface area contributed by atoms with Crippen LogP contribution < -0.4 is 20.9 Å². The molecule has 4 aliphatic rings. The molecule has 4 aromatic rings. The van der Waals surface area contributed by atoms with Crippen molar-refractivity contribution in [2.45, 2.75) is 128 Å². The number of hydrogen-bond donors (Lipinski definition) is 3. The second kappa shape index (κ2) is 19.4. The molecule has 0 aromatic heterocycles. The van der Waals surface area contributed by atoms with Crippen LogP contribution in [0.3, 0.4) is 0 Å². The predicted octanol–water partition coefficient (Wildman–Crippen LogP) is 11.9. The van der Waals surface area contributed by atoms with Crippen LogP contribution in [0.25, 0.3) is 0 Å². The first kappa shape index (κ1) is 48.1. The highest BCUT2D eigenvalue weighted by molar-refractivity contribution is 9.10. The molecule has 2 aliphatic heterocycles. The monoisotopic (exact) mass is 940 g/mol. The second-order valence-corrected chi connectivity index (χ2v) is 19.1. The highest BCUT2D eigenvalue weighted by Gasteiger charge is 2.39. The lowest BCUT2D eigenvalue weighted by Gasteiger charge is -2.28. The smallest absolute Gasteiger partial charge is 0.371 e. The molecule has 2 fully saturated rings. The van der Waals surface area contributed by atoms with Gasteiger partial charge in [-0.15, -0.1) is 0 Å². The molecular weight excluding hydrogens is 882 g/mol. The first-order chi connectivity index (χ1) is 29.6. The number of carbonyl (C=O) groups excluding carboxylic acids is 2. The lowest BCUT2D eigenvalue weighted by molar-refractivity contribution is -0.138. The molecule has 6 nitrogen and oxygen atoms in total. The van der Waals surface area contributed by atoms with Gasteiger partial charge in [-0.3, -0.25) is 9.59 Å². The Balaban J connectivity index is 0.000000174. The molecule has 4 unspecified atom stereocenters. The summed E-state index contributed by atoms with van der Waals surface area (Å²) in [5.41, 5.74) is 7.41. The Labute approximate surface area is 376 Å². The number of aryl methyl sites for hydroxylation is 4. The van der Waals surface area contributed by atoms with Gasteiger partial charge in [0.1, 0.15) is 0 Å². The Morgan fingerprint density at radius 2 is 1.22 bits per heavy atom. The molecule has 0 spiro atoms. The van der Waals surface area contributed by atoms with Gasteiger partial charge in [0.25, 0.3) is 0 Å². The van der Waals surface area contributed by atoms with Gasteiger partial charge in [-0.1, -0.05) is 79.0 Å². The Bertz CT molecular complexity index is 2290. The minimum atomic E-state index is -4.33. The van der Waals surface area contributed by atoms with Crippen LogP contribution in [0.4, 0.5) is 32.0 Å². The van der Waals surface area contributed by atoms with Gasteiger partial charge < -0.3 is 20.9 Å². The summed E-state index contributed by atoms with van der Waals surface area (Å²) >= 11 is 3.46. The molecular formula is C50H59BrF6N4O2. The van der Waals surface area contributed by atoms with Crippen molar-refractivity contribution in [3.63, 3.8) is 0 Å². The first-order valence-corrected chi connectivity index (χ1v) is 22.7. The molecule has 3 N–H and O–H groups in total. The van der Waals surface area contributed by atoms with Crippen LogP contribution in [-0.2, 0) is 45.6 Å². The van der Waals surface area contributed by atoms with Crippen LogP contribution in [0.1, 0.15) is 134 Å². The summed E-state index contributed by atoms with van der Waals surface area (Å²) in [5, 5.41) is 9.34. The molecule has 2 saturated heterocycles. The number of nitrogens with zero attached hydrogens (tertiary/aromatic N) is 1. The van der Waals surface area contributed by atoms with E-state index in [4.69, 9.17) is 0 Å². The van der Waals surface area contributed by atoms with Crippen molar-refractivity contribution in [2.24, 2.45) is 0 Å². The van der Waals surface area contributed by atoms with E-state index in [-0.39, 0.29) is 34.7 Å². The third kappa shape index (κ3) is 11.7.